The van der Waals surface area contributed by atoms with Gasteiger partial charge in [0, 0.05) is 41.5 Å². The van der Waals surface area contributed by atoms with Crippen molar-refractivity contribution in [3.63, 3.8) is 0 Å². The van der Waals surface area contributed by atoms with Crippen LogP contribution in [0.4, 0.5) is 0 Å². The second-order valence-electron chi connectivity index (χ2n) is 20.1. The van der Waals surface area contributed by atoms with Crippen LogP contribution in [-0.4, -0.2) is 174 Å². The van der Waals surface area contributed by atoms with E-state index in [1.54, 1.807) is 86.6 Å². The standard InChI is InChI=1S/C61H66O24S2/c1-32(2)75-59-52(79-38(8)67)54(53(45(81-59)31-73-34(4)63)86-60-50(78-37(7)66)48(77-36(6)65)46(76-35(5)64)44(82-60)29-72-33(3)62)87-61-51(84-58(71)42-27-19-12-20-28-42)49(83-57(70)41-25-17-11-18-26-41)47(85-61)43(80-56(69)40-23-15-10-16-24-40)30-74-55(68)39-21-13-9-14-22-39/h9-28,32,43-54,59-61H,29-31H2,1-8H3/t43-,44-,45-,46+,47+,48+,49+,50-,51-,52-,53-,54-,59+,60+,61+/m1/s1. The zero-order chi connectivity index (χ0) is 62.9. The molecule has 87 heavy (non-hydrogen) atoms. The third-order valence-corrected chi connectivity index (χ3v) is 16.3. The van der Waals surface area contributed by atoms with E-state index < -0.39 is 174 Å². The van der Waals surface area contributed by atoms with Crippen molar-refractivity contribution in [2.24, 2.45) is 0 Å². The highest BCUT2D eigenvalue weighted by Gasteiger charge is 2.60. The molecule has 24 nitrogen and oxygen atoms in total. The Hall–Kier alpha value is -7.88. The molecule has 3 fully saturated rings. The van der Waals surface area contributed by atoms with Gasteiger partial charge in [-0.1, -0.05) is 72.8 Å². The Labute approximate surface area is 509 Å². The maximum atomic E-state index is 14.6. The summed E-state index contributed by atoms with van der Waals surface area (Å²) in [6.07, 6.45) is -18.4. The van der Waals surface area contributed by atoms with Gasteiger partial charge in [0.2, 0.25) is 0 Å². The second-order valence-corrected chi connectivity index (χ2v) is 22.7. The minimum absolute atomic E-state index is 0.0227. The van der Waals surface area contributed by atoms with Gasteiger partial charge in [-0.25, -0.2) is 19.2 Å². The predicted octanol–water partition coefficient (Wildman–Crippen LogP) is 6.18. The van der Waals surface area contributed by atoms with Gasteiger partial charge in [0.25, 0.3) is 0 Å². The predicted molar refractivity (Wildman–Crippen MR) is 304 cm³/mol. The van der Waals surface area contributed by atoms with Gasteiger partial charge in [0.15, 0.2) is 49.0 Å². The zero-order valence-electron chi connectivity index (χ0n) is 48.5. The summed E-state index contributed by atoms with van der Waals surface area (Å²) < 4.78 is 85.6. The zero-order valence-corrected chi connectivity index (χ0v) is 50.2. The molecular weight excluding hydrogens is 1180 g/mol. The van der Waals surface area contributed by atoms with E-state index in [0.29, 0.717) is 0 Å². The number of carbonyl (C=O) groups is 10. The molecule has 26 heteroatoms. The van der Waals surface area contributed by atoms with Gasteiger partial charge in [-0.15, -0.1) is 23.5 Å². The summed E-state index contributed by atoms with van der Waals surface area (Å²) in [5.41, 5.74) is -2.98. The van der Waals surface area contributed by atoms with Gasteiger partial charge >= 0.3 is 59.7 Å². The summed E-state index contributed by atoms with van der Waals surface area (Å²) in [5.74, 6) is -8.91. The van der Waals surface area contributed by atoms with Crippen LogP contribution in [0.5, 0.6) is 0 Å². The van der Waals surface area contributed by atoms with Crippen LogP contribution in [0.25, 0.3) is 0 Å². The van der Waals surface area contributed by atoms with Gasteiger partial charge in [-0.05, 0) is 62.4 Å². The third-order valence-electron chi connectivity index (χ3n) is 13.0. The molecule has 0 aliphatic carbocycles. The minimum atomic E-state index is -1.77. The normalized spacial score (nSPS) is 26.1. The first-order valence-corrected chi connectivity index (χ1v) is 29.3. The molecule has 466 valence electrons. The van der Waals surface area contributed by atoms with Gasteiger partial charge < -0.3 is 66.3 Å². The number of esters is 10. The quantitative estimate of drug-likeness (QED) is 0.0559. The lowest BCUT2D eigenvalue weighted by atomic mass is 9.99. The highest BCUT2D eigenvalue weighted by molar-refractivity contribution is 8.04. The van der Waals surface area contributed by atoms with Crippen LogP contribution in [0, 0.1) is 0 Å². The molecule has 4 aromatic rings. The molecule has 0 saturated carbocycles. The largest absolute Gasteiger partial charge is 0.463 e. The number of hydrogen-bond acceptors (Lipinski definition) is 26. The van der Waals surface area contributed by atoms with Crippen molar-refractivity contribution in [1.29, 1.82) is 0 Å². The first-order chi connectivity index (χ1) is 41.6. The average Bonchev–Trinajstić information content (AvgIpc) is 1.87. The SMILES string of the molecule is CC(=O)OC[C@H]1O[C@@H](S[C@H]2[C@H](S[C@@H]3O[C@@H]([C@@H](COC(=O)c4ccccc4)OC(=O)c4ccccc4)[C@H](OC(=O)c4ccccc4)[C@H]3OC(=O)c3ccccc3)[C@@H](OC(C)=O)[C@@H](OC(C)C)O[C@@H]2COC(C)=O)[C@H](OC(C)=O)[C@@H](OC(C)=O)[C@H]1OC(C)=O. The van der Waals surface area contributed by atoms with E-state index in [1.165, 1.54) is 48.5 Å². The molecule has 0 radical (unpaired) electrons. The fourth-order valence-corrected chi connectivity index (χ4v) is 12.9. The molecule has 7 rings (SSSR count). The third kappa shape index (κ3) is 18.8. The van der Waals surface area contributed by atoms with Crippen molar-refractivity contribution in [2.75, 3.05) is 19.8 Å². The molecule has 0 N–H and O–H groups in total. The maximum absolute atomic E-state index is 14.6. The Morgan fingerprint density at radius 3 is 1.29 bits per heavy atom. The van der Waals surface area contributed by atoms with Crippen molar-refractivity contribution in [1.82, 2.24) is 0 Å². The van der Waals surface area contributed by atoms with Crippen LogP contribution >= 0.6 is 23.5 Å². The maximum Gasteiger partial charge on any atom is 0.338 e. The number of rotatable bonds is 24. The first-order valence-electron chi connectivity index (χ1n) is 27.4. The fourth-order valence-electron chi connectivity index (χ4n) is 9.47. The van der Waals surface area contributed by atoms with Crippen LogP contribution in [-0.2, 0) is 95.1 Å². The van der Waals surface area contributed by atoms with Crippen molar-refractivity contribution in [2.45, 2.75) is 150 Å². The van der Waals surface area contributed by atoms with Gasteiger partial charge in [0.1, 0.15) is 49.0 Å². The lowest BCUT2D eigenvalue weighted by molar-refractivity contribution is -0.259. The Kier molecular flexibility index (Phi) is 24.3. The van der Waals surface area contributed by atoms with Crippen molar-refractivity contribution in [3.8, 4) is 0 Å². The van der Waals surface area contributed by atoms with Crippen LogP contribution in [0.2, 0.25) is 0 Å². The molecule has 4 aromatic carbocycles. The second kappa shape index (κ2) is 31.7. The number of ether oxygens (including phenoxy) is 14. The summed E-state index contributed by atoms with van der Waals surface area (Å²) in [4.78, 5) is 135. The molecular formula is C61H66O24S2. The lowest BCUT2D eigenvalue weighted by Crippen LogP contribution is -2.64. The molecule has 15 atom stereocenters. The number of benzene rings is 4. The van der Waals surface area contributed by atoms with Gasteiger partial charge in [-0.2, -0.15) is 0 Å². The Morgan fingerprint density at radius 2 is 0.805 bits per heavy atom. The van der Waals surface area contributed by atoms with Crippen LogP contribution in [0.15, 0.2) is 121 Å². The molecule has 0 spiro atoms. The first kappa shape index (κ1) is 66.6. The van der Waals surface area contributed by atoms with Gasteiger partial charge in [-0.3, -0.25) is 28.8 Å². The average molecular weight is 1250 g/mol. The number of thioether (sulfide) groups is 2. The molecule has 3 aliphatic heterocycles. The Balaban J connectivity index is 1.44. The Morgan fingerprint density at radius 1 is 0.402 bits per heavy atom. The number of carbonyl (C=O) groups excluding carboxylic acids is 10. The summed E-state index contributed by atoms with van der Waals surface area (Å²) in [6, 6.07) is 31.1. The van der Waals surface area contributed by atoms with E-state index in [4.69, 9.17) is 66.3 Å². The monoisotopic (exact) mass is 1250 g/mol. The van der Waals surface area contributed by atoms with E-state index in [0.717, 1.165) is 65.1 Å². The molecule has 3 aliphatic rings. The van der Waals surface area contributed by atoms with Gasteiger partial charge in [0.05, 0.1) is 38.9 Å². The highest BCUT2D eigenvalue weighted by Crippen LogP contribution is 2.49. The molecule has 0 unspecified atom stereocenters. The molecule has 0 aromatic heterocycles. The molecule has 3 heterocycles. The summed E-state index contributed by atoms with van der Waals surface area (Å²) in [6.45, 7) is 7.88. The number of hydrogen-bond donors (Lipinski definition) is 0. The van der Waals surface area contributed by atoms with E-state index >= 15 is 0 Å². The van der Waals surface area contributed by atoms with Crippen LogP contribution in [0.3, 0.4) is 0 Å². The molecule has 0 amide bonds. The molecule has 3 saturated heterocycles. The highest BCUT2D eigenvalue weighted by atomic mass is 32.2. The lowest BCUT2D eigenvalue weighted by Gasteiger charge is -2.49. The van der Waals surface area contributed by atoms with E-state index in [1.807, 2.05) is 0 Å². The van der Waals surface area contributed by atoms with Crippen LogP contribution in [0.1, 0.15) is 96.8 Å². The topological polar surface area (TPSA) is 300 Å². The Bertz CT molecular complexity index is 3020. The summed E-state index contributed by atoms with van der Waals surface area (Å²) in [5, 5.41) is -2.68. The minimum Gasteiger partial charge on any atom is -0.463 e. The fraction of sp³-hybridized carbons (Fsp3) is 0.443. The summed E-state index contributed by atoms with van der Waals surface area (Å²) >= 11 is 1.60. The van der Waals surface area contributed by atoms with Crippen molar-refractivity contribution < 1.29 is 114 Å². The van der Waals surface area contributed by atoms with Crippen molar-refractivity contribution in [3.05, 3.63) is 144 Å². The smallest absolute Gasteiger partial charge is 0.338 e. The molecule has 0 bridgehead atoms. The van der Waals surface area contributed by atoms with E-state index in [2.05, 4.69) is 0 Å². The summed E-state index contributed by atoms with van der Waals surface area (Å²) in [7, 11) is 0. The van der Waals surface area contributed by atoms with E-state index in [9.17, 15) is 47.9 Å². The van der Waals surface area contributed by atoms with E-state index in [-0.39, 0.29) is 22.3 Å². The van der Waals surface area contributed by atoms with Crippen LogP contribution < -0.4 is 0 Å². The van der Waals surface area contributed by atoms with Crippen molar-refractivity contribution >= 4 is 83.2 Å².